The number of nitrogens with one attached hydrogen (secondary N) is 1. The first kappa shape index (κ1) is 11.4. The Morgan fingerprint density at radius 1 is 1.31 bits per heavy atom. The molecule has 0 aromatic rings. The highest BCUT2D eigenvalue weighted by atomic mass is 16.2. The molecular formula is C12H19N3O. The third kappa shape index (κ3) is 2.53. The molecule has 0 saturated carbocycles. The van der Waals surface area contributed by atoms with Gasteiger partial charge >= 0.3 is 0 Å². The molecule has 2 saturated heterocycles. The minimum Gasteiger partial charge on any atom is -0.342 e. The molecule has 0 aromatic carbocycles. The molecule has 0 bridgehead atoms. The van der Waals surface area contributed by atoms with E-state index in [2.05, 4.69) is 11.4 Å². The van der Waals surface area contributed by atoms with E-state index in [4.69, 9.17) is 5.26 Å². The maximum absolute atomic E-state index is 12.2. The van der Waals surface area contributed by atoms with E-state index in [0.29, 0.717) is 5.91 Å². The first-order valence-corrected chi connectivity index (χ1v) is 6.20. The van der Waals surface area contributed by atoms with Gasteiger partial charge in [0.1, 0.15) is 0 Å². The number of nitriles is 1. The quantitative estimate of drug-likeness (QED) is 0.711. The van der Waals surface area contributed by atoms with Crippen LogP contribution in [0, 0.1) is 23.2 Å². The molecule has 88 valence electrons. The third-order valence-electron chi connectivity index (χ3n) is 3.64. The lowest BCUT2D eigenvalue weighted by molar-refractivity contribution is -0.137. The smallest absolute Gasteiger partial charge is 0.226 e. The lowest BCUT2D eigenvalue weighted by Gasteiger charge is -2.33. The number of carbonyl (C=O) groups is 1. The van der Waals surface area contributed by atoms with Gasteiger partial charge in [-0.3, -0.25) is 4.79 Å². The van der Waals surface area contributed by atoms with E-state index in [1.165, 1.54) is 0 Å². The normalized spacial score (nSPS) is 27.4. The largest absolute Gasteiger partial charge is 0.342 e. The summed E-state index contributed by atoms with van der Waals surface area (Å²) in [7, 11) is 0. The van der Waals surface area contributed by atoms with Crippen LogP contribution in [0.2, 0.25) is 0 Å². The van der Waals surface area contributed by atoms with E-state index in [0.717, 1.165) is 51.9 Å². The maximum Gasteiger partial charge on any atom is 0.226 e. The van der Waals surface area contributed by atoms with Gasteiger partial charge in [0.05, 0.1) is 12.0 Å². The fourth-order valence-electron chi connectivity index (χ4n) is 2.55. The first-order valence-electron chi connectivity index (χ1n) is 6.20. The Kier molecular flexibility index (Phi) is 3.79. The molecule has 1 N–H and O–H groups in total. The van der Waals surface area contributed by atoms with Gasteiger partial charge in [-0.25, -0.2) is 0 Å². The highest BCUT2D eigenvalue weighted by Gasteiger charge is 2.28. The molecular weight excluding hydrogens is 202 g/mol. The standard InChI is InChI=1S/C12H19N3O/c13-8-10-3-6-15(7-4-10)12(16)11-2-1-5-14-9-11/h10-11,14H,1-7,9H2/t11-/m1/s1. The predicted octanol–water partition coefficient (Wildman–Crippen LogP) is 0.748. The third-order valence-corrected chi connectivity index (χ3v) is 3.64. The first-order chi connectivity index (χ1) is 7.81. The molecule has 0 unspecified atom stereocenters. The van der Waals surface area contributed by atoms with Gasteiger partial charge in [-0.15, -0.1) is 0 Å². The number of piperidine rings is 2. The Labute approximate surface area is 96.6 Å². The molecule has 2 rings (SSSR count). The zero-order valence-corrected chi connectivity index (χ0v) is 9.61. The van der Waals surface area contributed by atoms with Gasteiger partial charge in [0.15, 0.2) is 0 Å². The Morgan fingerprint density at radius 3 is 2.62 bits per heavy atom. The predicted molar refractivity (Wildman–Crippen MR) is 60.5 cm³/mol. The van der Waals surface area contributed by atoms with E-state index in [1.54, 1.807) is 0 Å². The van der Waals surface area contributed by atoms with E-state index in [9.17, 15) is 4.79 Å². The topological polar surface area (TPSA) is 56.1 Å². The molecule has 4 nitrogen and oxygen atoms in total. The lowest BCUT2D eigenvalue weighted by atomic mass is 9.94. The summed E-state index contributed by atoms with van der Waals surface area (Å²) < 4.78 is 0. The van der Waals surface area contributed by atoms with Crippen molar-refractivity contribution in [1.82, 2.24) is 10.2 Å². The van der Waals surface area contributed by atoms with Gasteiger partial charge in [0, 0.05) is 25.6 Å². The van der Waals surface area contributed by atoms with E-state index >= 15 is 0 Å². The molecule has 2 fully saturated rings. The summed E-state index contributed by atoms with van der Waals surface area (Å²) in [6.07, 6.45) is 3.82. The van der Waals surface area contributed by atoms with Gasteiger partial charge in [0.2, 0.25) is 5.91 Å². The zero-order valence-electron chi connectivity index (χ0n) is 9.61. The van der Waals surface area contributed by atoms with Crippen LogP contribution in [0.3, 0.4) is 0 Å². The van der Waals surface area contributed by atoms with Crippen molar-refractivity contribution < 1.29 is 4.79 Å². The lowest BCUT2D eigenvalue weighted by Crippen LogP contribution is -2.46. The number of rotatable bonds is 1. The van der Waals surface area contributed by atoms with Crippen LogP contribution < -0.4 is 5.32 Å². The summed E-state index contributed by atoms with van der Waals surface area (Å²) >= 11 is 0. The zero-order chi connectivity index (χ0) is 11.4. The van der Waals surface area contributed by atoms with E-state index < -0.39 is 0 Å². The van der Waals surface area contributed by atoms with Crippen LogP contribution >= 0.6 is 0 Å². The second kappa shape index (κ2) is 5.31. The number of carbonyl (C=O) groups excluding carboxylic acids is 1. The van der Waals surface area contributed by atoms with Crippen LogP contribution in [0.25, 0.3) is 0 Å². The van der Waals surface area contributed by atoms with E-state index in [-0.39, 0.29) is 11.8 Å². The fourth-order valence-corrected chi connectivity index (χ4v) is 2.55. The second-order valence-electron chi connectivity index (χ2n) is 4.77. The Morgan fingerprint density at radius 2 is 2.06 bits per heavy atom. The van der Waals surface area contributed by atoms with Crippen molar-refractivity contribution in [2.45, 2.75) is 25.7 Å². The summed E-state index contributed by atoms with van der Waals surface area (Å²) in [4.78, 5) is 14.1. The summed E-state index contributed by atoms with van der Waals surface area (Å²) in [5, 5.41) is 12.1. The van der Waals surface area contributed by atoms with Crippen molar-refractivity contribution in [1.29, 1.82) is 5.26 Å². The van der Waals surface area contributed by atoms with Gasteiger partial charge in [0.25, 0.3) is 0 Å². The summed E-state index contributed by atoms with van der Waals surface area (Å²) in [5.74, 6) is 0.629. The summed E-state index contributed by atoms with van der Waals surface area (Å²) in [6.45, 7) is 3.42. The SMILES string of the molecule is N#CC1CCN(C(=O)[C@@H]2CCCNC2)CC1. The fraction of sp³-hybridized carbons (Fsp3) is 0.833. The second-order valence-corrected chi connectivity index (χ2v) is 4.77. The summed E-state index contributed by atoms with van der Waals surface area (Å²) in [5.41, 5.74) is 0. The average molecular weight is 221 g/mol. The molecule has 1 amide bonds. The Balaban J connectivity index is 1.84. The van der Waals surface area contributed by atoms with Crippen molar-refractivity contribution in [3.63, 3.8) is 0 Å². The minimum absolute atomic E-state index is 0.161. The van der Waals surface area contributed by atoms with Crippen molar-refractivity contribution in [3.05, 3.63) is 0 Å². The molecule has 4 heteroatoms. The molecule has 2 aliphatic heterocycles. The van der Waals surface area contributed by atoms with Gasteiger partial charge in [-0.05, 0) is 32.2 Å². The van der Waals surface area contributed by atoms with Gasteiger partial charge < -0.3 is 10.2 Å². The molecule has 1 atom stereocenters. The van der Waals surface area contributed by atoms with Gasteiger partial charge in [-0.1, -0.05) is 0 Å². The Bertz CT molecular complexity index is 283. The van der Waals surface area contributed by atoms with Crippen molar-refractivity contribution >= 4 is 5.91 Å². The number of hydrogen-bond acceptors (Lipinski definition) is 3. The molecule has 0 radical (unpaired) electrons. The van der Waals surface area contributed by atoms with Crippen LogP contribution in [0.5, 0.6) is 0 Å². The van der Waals surface area contributed by atoms with Crippen LogP contribution in [-0.2, 0) is 4.79 Å². The van der Waals surface area contributed by atoms with Crippen LogP contribution in [0.4, 0.5) is 0 Å². The summed E-state index contributed by atoms with van der Waals surface area (Å²) in [6, 6.07) is 2.29. The van der Waals surface area contributed by atoms with Crippen LogP contribution in [0.1, 0.15) is 25.7 Å². The number of amides is 1. The molecule has 0 aromatic heterocycles. The maximum atomic E-state index is 12.2. The highest BCUT2D eigenvalue weighted by molar-refractivity contribution is 5.79. The van der Waals surface area contributed by atoms with Crippen molar-refractivity contribution in [3.8, 4) is 6.07 Å². The number of hydrogen-bond donors (Lipinski definition) is 1. The van der Waals surface area contributed by atoms with Crippen molar-refractivity contribution in [2.75, 3.05) is 26.2 Å². The Hall–Kier alpha value is -1.08. The minimum atomic E-state index is 0.161. The van der Waals surface area contributed by atoms with Crippen LogP contribution in [-0.4, -0.2) is 37.0 Å². The molecule has 16 heavy (non-hydrogen) atoms. The van der Waals surface area contributed by atoms with E-state index in [1.807, 2.05) is 4.90 Å². The average Bonchev–Trinajstić information content (AvgIpc) is 2.39. The molecule has 2 aliphatic rings. The monoisotopic (exact) mass is 221 g/mol. The molecule has 0 aliphatic carbocycles. The van der Waals surface area contributed by atoms with Gasteiger partial charge in [-0.2, -0.15) is 5.26 Å². The highest BCUT2D eigenvalue weighted by Crippen LogP contribution is 2.20. The van der Waals surface area contributed by atoms with Crippen LogP contribution in [0.15, 0.2) is 0 Å². The molecule has 0 spiro atoms. The van der Waals surface area contributed by atoms with Crippen molar-refractivity contribution in [2.24, 2.45) is 11.8 Å². The number of likely N-dealkylation sites (tertiary alicyclic amines) is 1. The molecule has 2 heterocycles. The number of nitrogens with zero attached hydrogens (tertiary/aromatic N) is 2.